The smallest absolute Gasteiger partial charge is 0.302 e. The number of carbonyl (C=O) groups excluding carboxylic acids is 2. The molecule has 23 heavy (non-hydrogen) atoms. The summed E-state index contributed by atoms with van der Waals surface area (Å²) in [6.07, 6.45) is 2.50. The first-order chi connectivity index (χ1) is 10.3. The average molecular weight is 339 g/mol. The number of ketones is 1. The van der Waals surface area contributed by atoms with E-state index < -0.39 is 25.9 Å². The second-order valence-corrected chi connectivity index (χ2v) is 13.3. The van der Waals surface area contributed by atoms with Crippen molar-refractivity contribution in [3.8, 4) is 0 Å². The van der Waals surface area contributed by atoms with E-state index in [1.54, 1.807) is 6.92 Å². The number of ether oxygens (including phenoxy) is 1. The Hall–Kier alpha value is -0.943. The first kappa shape index (κ1) is 18.4. The fraction of sp³-hybridized carbons (Fsp3) is 0.778. The number of carbonyl (C=O) groups is 2. The van der Waals surface area contributed by atoms with E-state index in [4.69, 9.17) is 9.16 Å². The monoisotopic (exact) mass is 338 g/mol. The summed E-state index contributed by atoms with van der Waals surface area (Å²) in [6, 6.07) is 0. The standard InChI is InChI=1S/C18H30O4Si/c1-11-9-18(22-23(6,7)8)10-17(4,5)14(11)16(21-13(3)20)15(18)12(2)19/h9,14-16H,10H2,1-8H3/t14-,15+,16-,18+/m1/s1. The third kappa shape index (κ3) is 3.31. The van der Waals surface area contributed by atoms with Gasteiger partial charge in [-0.1, -0.05) is 25.5 Å². The van der Waals surface area contributed by atoms with Crippen molar-refractivity contribution in [2.24, 2.45) is 17.3 Å². The predicted molar refractivity (Wildman–Crippen MR) is 92.5 cm³/mol. The minimum Gasteiger partial charge on any atom is -0.461 e. The maximum atomic E-state index is 12.5. The molecule has 3 aliphatic carbocycles. The van der Waals surface area contributed by atoms with Gasteiger partial charge in [-0.15, -0.1) is 0 Å². The van der Waals surface area contributed by atoms with Gasteiger partial charge in [-0.25, -0.2) is 0 Å². The summed E-state index contributed by atoms with van der Waals surface area (Å²) in [5.74, 6) is -0.647. The largest absolute Gasteiger partial charge is 0.461 e. The lowest BCUT2D eigenvalue weighted by atomic mass is 9.50. The summed E-state index contributed by atoms with van der Waals surface area (Å²) in [4.78, 5) is 24.2. The van der Waals surface area contributed by atoms with Gasteiger partial charge < -0.3 is 9.16 Å². The van der Waals surface area contributed by atoms with Crippen LogP contribution in [0.25, 0.3) is 0 Å². The minimum absolute atomic E-state index is 0.0405. The lowest BCUT2D eigenvalue weighted by Crippen LogP contribution is -2.66. The molecule has 0 unspecified atom stereocenters. The third-order valence-corrected chi connectivity index (χ3v) is 5.95. The van der Waals surface area contributed by atoms with Gasteiger partial charge in [0.05, 0.1) is 11.5 Å². The van der Waals surface area contributed by atoms with E-state index in [-0.39, 0.29) is 23.1 Å². The Balaban J connectivity index is 2.62. The van der Waals surface area contributed by atoms with E-state index in [1.807, 2.05) is 0 Å². The Morgan fingerprint density at radius 2 is 1.78 bits per heavy atom. The van der Waals surface area contributed by atoms with Gasteiger partial charge in [0, 0.05) is 12.8 Å². The van der Waals surface area contributed by atoms with Crippen LogP contribution < -0.4 is 0 Å². The first-order valence-electron chi connectivity index (χ1n) is 8.36. The molecule has 0 aromatic heterocycles. The number of hydrogen-bond donors (Lipinski definition) is 0. The molecule has 4 nitrogen and oxygen atoms in total. The molecule has 0 aliphatic heterocycles. The Bertz CT molecular complexity index is 558. The summed E-state index contributed by atoms with van der Waals surface area (Å²) in [7, 11) is -1.90. The van der Waals surface area contributed by atoms with Crippen molar-refractivity contribution in [1.29, 1.82) is 0 Å². The molecule has 3 rings (SSSR count). The molecule has 3 aliphatic rings. The normalized spacial score (nSPS) is 35.7. The quantitative estimate of drug-likeness (QED) is 0.445. The summed E-state index contributed by atoms with van der Waals surface area (Å²) in [5.41, 5.74) is 0.437. The van der Waals surface area contributed by atoms with Crippen LogP contribution in [0.4, 0.5) is 0 Å². The molecular formula is C18H30O4Si. The molecule has 0 N–H and O–H groups in total. The lowest BCUT2D eigenvalue weighted by Gasteiger charge is -2.60. The highest BCUT2D eigenvalue weighted by Gasteiger charge is 2.63. The van der Waals surface area contributed by atoms with E-state index in [0.717, 1.165) is 6.42 Å². The molecule has 1 fully saturated rings. The summed E-state index contributed by atoms with van der Waals surface area (Å²) < 4.78 is 12.3. The van der Waals surface area contributed by atoms with Crippen molar-refractivity contribution in [1.82, 2.24) is 0 Å². The lowest BCUT2D eigenvalue weighted by molar-refractivity contribution is -0.184. The summed E-state index contributed by atoms with van der Waals surface area (Å²) in [5, 5.41) is 0. The zero-order valence-electron chi connectivity index (χ0n) is 15.6. The molecular weight excluding hydrogens is 308 g/mol. The second-order valence-electron chi connectivity index (χ2n) is 8.86. The molecule has 130 valence electrons. The van der Waals surface area contributed by atoms with Crippen molar-refractivity contribution in [2.45, 2.75) is 72.4 Å². The van der Waals surface area contributed by atoms with Gasteiger partial charge in [-0.05, 0) is 45.3 Å². The number of esters is 1. The van der Waals surface area contributed by atoms with Crippen LogP contribution in [0.3, 0.4) is 0 Å². The highest BCUT2D eigenvalue weighted by Crippen LogP contribution is 2.59. The van der Waals surface area contributed by atoms with Crippen LogP contribution in [0.1, 0.15) is 41.0 Å². The van der Waals surface area contributed by atoms with Crippen LogP contribution in [0.2, 0.25) is 19.6 Å². The Labute approximate surface area is 140 Å². The van der Waals surface area contributed by atoms with E-state index in [9.17, 15) is 9.59 Å². The maximum Gasteiger partial charge on any atom is 0.302 e. The summed E-state index contributed by atoms with van der Waals surface area (Å²) in [6.45, 7) is 15.8. The molecule has 4 atom stereocenters. The van der Waals surface area contributed by atoms with Gasteiger partial charge >= 0.3 is 5.97 Å². The van der Waals surface area contributed by atoms with Crippen molar-refractivity contribution in [3.63, 3.8) is 0 Å². The molecule has 1 saturated carbocycles. The first-order valence-corrected chi connectivity index (χ1v) is 11.8. The van der Waals surface area contributed by atoms with Crippen LogP contribution >= 0.6 is 0 Å². The van der Waals surface area contributed by atoms with Gasteiger partial charge in [0.25, 0.3) is 0 Å². The van der Waals surface area contributed by atoms with Gasteiger partial charge in [0.1, 0.15) is 11.9 Å². The molecule has 0 heterocycles. The topological polar surface area (TPSA) is 52.6 Å². The van der Waals surface area contributed by atoms with E-state index >= 15 is 0 Å². The van der Waals surface area contributed by atoms with Gasteiger partial charge in [-0.2, -0.15) is 0 Å². The number of rotatable bonds is 4. The molecule has 0 aromatic rings. The Kier molecular flexibility index (Phi) is 4.44. The van der Waals surface area contributed by atoms with Crippen molar-refractivity contribution < 1.29 is 18.8 Å². The molecule has 5 heteroatoms. The zero-order chi connectivity index (χ0) is 17.8. The Morgan fingerprint density at radius 3 is 2.17 bits per heavy atom. The van der Waals surface area contributed by atoms with Crippen LogP contribution in [-0.2, 0) is 18.8 Å². The summed E-state index contributed by atoms with van der Waals surface area (Å²) >= 11 is 0. The van der Waals surface area contributed by atoms with Gasteiger partial charge in [0.2, 0.25) is 0 Å². The SMILES string of the molecule is CC(=O)O[C@@H]1[C@H]2C(C)=C[C@](O[Si](C)(C)C)(CC2(C)C)[C@H]1C(C)=O. The van der Waals surface area contributed by atoms with E-state index in [1.165, 1.54) is 12.5 Å². The molecule has 0 radical (unpaired) electrons. The van der Waals surface area contributed by atoms with Crippen molar-refractivity contribution in [2.75, 3.05) is 0 Å². The Morgan fingerprint density at radius 1 is 1.22 bits per heavy atom. The molecule has 0 amide bonds. The van der Waals surface area contributed by atoms with Crippen LogP contribution in [0.5, 0.6) is 0 Å². The minimum atomic E-state index is -1.90. The van der Waals surface area contributed by atoms with Crippen LogP contribution in [0.15, 0.2) is 11.6 Å². The maximum absolute atomic E-state index is 12.5. The van der Waals surface area contributed by atoms with E-state index in [0.29, 0.717) is 0 Å². The number of Topliss-reactive ketones (excluding diaryl/α,β-unsaturated/α-hetero) is 1. The van der Waals surface area contributed by atoms with Gasteiger partial charge in [-0.3, -0.25) is 9.59 Å². The fourth-order valence-corrected chi connectivity index (χ4v) is 6.34. The average Bonchev–Trinajstić information content (AvgIpc) is 2.19. The van der Waals surface area contributed by atoms with Crippen LogP contribution in [-0.4, -0.2) is 31.8 Å². The van der Waals surface area contributed by atoms with Crippen LogP contribution in [0, 0.1) is 17.3 Å². The van der Waals surface area contributed by atoms with Crippen molar-refractivity contribution in [3.05, 3.63) is 11.6 Å². The van der Waals surface area contributed by atoms with Gasteiger partial charge in [0.15, 0.2) is 8.32 Å². The predicted octanol–water partition coefficient (Wildman–Crippen LogP) is 3.72. The third-order valence-electron chi connectivity index (χ3n) is 4.96. The number of hydrogen-bond acceptors (Lipinski definition) is 4. The molecule has 0 saturated heterocycles. The van der Waals surface area contributed by atoms with Crippen molar-refractivity contribution >= 4 is 20.1 Å². The fourth-order valence-electron chi connectivity index (χ4n) is 4.94. The second kappa shape index (κ2) is 5.55. The zero-order valence-corrected chi connectivity index (χ0v) is 16.6. The highest BCUT2D eigenvalue weighted by atomic mass is 28.4. The number of fused-ring (bicyclic) bond motifs is 2. The van der Waals surface area contributed by atoms with E-state index in [2.05, 4.69) is 46.5 Å². The molecule has 0 aromatic carbocycles. The molecule has 2 bridgehead atoms. The molecule has 0 spiro atoms. The highest BCUT2D eigenvalue weighted by molar-refractivity contribution is 6.69.